The smallest absolute Gasteiger partial charge is 0.335 e. The van der Waals surface area contributed by atoms with Crippen molar-refractivity contribution in [3.05, 3.63) is 58.1 Å². The second-order valence-electron chi connectivity index (χ2n) is 8.25. The quantitative estimate of drug-likeness (QED) is 0.451. The predicted octanol–water partition coefficient (Wildman–Crippen LogP) is 5.99. The maximum atomic E-state index is 10.9. The lowest BCUT2D eigenvalue weighted by Gasteiger charge is -2.47. The molecule has 3 rings (SSSR count). The third kappa shape index (κ3) is 4.56. The Hall–Kier alpha value is -2.53. The summed E-state index contributed by atoms with van der Waals surface area (Å²) < 4.78 is 0. The molecule has 2 aromatic carbocycles. The molecule has 1 heterocycles. The number of anilines is 2. The second kappa shape index (κ2) is 8.46. The van der Waals surface area contributed by atoms with Crippen molar-refractivity contribution in [1.29, 1.82) is 0 Å². The van der Waals surface area contributed by atoms with Crippen molar-refractivity contribution in [1.82, 2.24) is 0 Å². The molecule has 0 bridgehead atoms. The molecule has 29 heavy (non-hydrogen) atoms. The molecule has 1 atom stereocenters. The van der Waals surface area contributed by atoms with Gasteiger partial charge in [-0.3, -0.25) is 5.43 Å². The van der Waals surface area contributed by atoms with Gasteiger partial charge in [0.2, 0.25) is 0 Å². The zero-order valence-corrected chi connectivity index (χ0v) is 18.1. The Kier molecular flexibility index (Phi) is 6.18. The first-order valence-electron chi connectivity index (χ1n) is 9.96. The van der Waals surface area contributed by atoms with Crippen LogP contribution in [0.5, 0.6) is 0 Å². The van der Waals surface area contributed by atoms with Crippen molar-refractivity contribution in [2.75, 3.05) is 16.9 Å². The molecule has 0 aliphatic carbocycles. The summed E-state index contributed by atoms with van der Waals surface area (Å²) in [5.74, 6) is -0.510. The van der Waals surface area contributed by atoms with Gasteiger partial charge in [0.1, 0.15) is 0 Å². The summed E-state index contributed by atoms with van der Waals surface area (Å²) in [4.78, 5) is 13.4. The van der Waals surface area contributed by atoms with Gasteiger partial charge in [-0.2, -0.15) is 5.10 Å². The van der Waals surface area contributed by atoms with E-state index in [1.54, 1.807) is 18.3 Å². The summed E-state index contributed by atoms with van der Waals surface area (Å²) in [6.07, 6.45) is 3.89. The Morgan fingerprint density at radius 1 is 1.34 bits per heavy atom. The van der Waals surface area contributed by atoms with Crippen LogP contribution in [0.15, 0.2) is 41.5 Å². The van der Waals surface area contributed by atoms with E-state index in [1.807, 2.05) is 0 Å². The summed E-state index contributed by atoms with van der Waals surface area (Å²) in [7, 11) is 0. The Morgan fingerprint density at radius 3 is 2.66 bits per heavy atom. The molecule has 0 fully saturated rings. The Balaban J connectivity index is 1.83. The molecule has 5 nitrogen and oxygen atoms in total. The number of halogens is 1. The van der Waals surface area contributed by atoms with Crippen LogP contribution in [0.1, 0.15) is 67.9 Å². The monoisotopic (exact) mass is 413 g/mol. The van der Waals surface area contributed by atoms with E-state index in [0.29, 0.717) is 16.6 Å². The van der Waals surface area contributed by atoms with Gasteiger partial charge in [-0.05, 0) is 74.6 Å². The van der Waals surface area contributed by atoms with Gasteiger partial charge < -0.3 is 10.0 Å². The third-order valence-electron chi connectivity index (χ3n) is 5.48. The number of fused-ring (bicyclic) bond motifs is 1. The molecule has 2 N–H and O–H groups in total. The fraction of sp³-hybridized carbons (Fsp3) is 0.391. The molecular formula is C23H28ClN3O2. The number of hydrogen-bond acceptors (Lipinski definition) is 4. The van der Waals surface area contributed by atoms with E-state index < -0.39 is 5.97 Å². The average molecular weight is 414 g/mol. The number of benzene rings is 2. The number of nitrogens with one attached hydrogen (secondary N) is 1. The average Bonchev–Trinajstić information content (AvgIpc) is 2.66. The van der Waals surface area contributed by atoms with Crippen LogP contribution in [-0.2, 0) is 0 Å². The van der Waals surface area contributed by atoms with E-state index in [0.717, 1.165) is 24.9 Å². The molecule has 0 radical (unpaired) electrons. The molecule has 0 spiro atoms. The zero-order valence-electron chi connectivity index (χ0n) is 17.4. The third-order valence-corrected chi connectivity index (χ3v) is 5.81. The van der Waals surface area contributed by atoms with Crippen LogP contribution < -0.4 is 10.3 Å². The molecule has 1 unspecified atom stereocenters. The number of carbonyl (C=O) groups is 1. The first-order chi connectivity index (χ1) is 13.7. The van der Waals surface area contributed by atoms with E-state index >= 15 is 0 Å². The number of hydrazone groups is 1. The fourth-order valence-electron chi connectivity index (χ4n) is 4.13. The molecule has 6 heteroatoms. The van der Waals surface area contributed by atoms with Crippen molar-refractivity contribution in [3.8, 4) is 0 Å². The lowest BCUT2D eigenvalue weighted by atomic mass is 9.79. The summed E-state index contributed by atoms with van der Waals surface area (Å²) in [5, 5.41) is 13.9. The Bertz CT molecular complexity index is 922. The molecule has 0 aromatic heterocycles. The van der Waals surface area contributed by atoms with E-state index in [9.17, 15) is 4.79 Å². The van der Waals surface area contributed by atoms with Crippen LogP contribution in [-0.4, -0.2) is 29.4 Å². The Morgan fingerprint density at radius 2 is 2.03 bits per heavy atom. The van der Waals surface area contributed by atoms with Gasteiger partial charge in [-0.1, -0.05) is 25.4 Å². The van der Waals surface area contributed by atoms with Crippen LogP contribution in [0.2, 0.25) is 5.02 Å². The standard InChI is InChI=1S/C23H28ClN3O2/c1-5-10-27-21-12-20(24)17(11-19(21)15(2)13-23(27,3)4)14-25-26-18-8-6-16(7-9-18)22(28)29/h6-9,11-12,14-15,26H,5,10,13H2,1-4H3,(H,28,29)/b25-14+. The lowest BCUT2D eigenvalue weighted by Crippen LogP contribution is -2.48. The van der Waals surface area contributed by atoms with Crippen LogP contribution in [0, 0.1) is 0 Å². The van der Waals surface area contributed by atoms with Gasteiger partial charge in [0.05, 0.1) is 22.5 Å². The number of carboxylic acids is 1. The highest BCUT2D eigenvalue weighted by atomic mass is 35.5. The highest BCUT2D eigenvalue weighted by Crippen LogP contribution is 2.45. The molecule has 2 aromatic rings. The minimum Gasteiger partial charge on any atom is -0.478 e. The molecule has 0 saturated heterocycles. The number of rotatable bonds is 6. The maximum absolute atomic E-state index is 10.9. The van der Waals surface area contributed by atoms with Crippen LogP contribution in [0.3, 0.4) is 0 Å². The minimum atomic E-state index is -0.949. The summed E-state index contributed by atoms with van der Waals surface area (Å²) >= 11 is 6.59. The van der Waals surface area contributed by atoms with Crippen molar-refractivity contribution in [2.24, 2.45) is 5.10 Å². The largest absolute Gasteiger partial charge is 0.478 e. The van der Waals surface area contributed by atoms with Gasteiger partial charge in [0.15, 0.2) is 0 Å². The van der Waals surface area contributed by atoms with Crippen molar-refractivity contribution in [2.45, 2.75) is 52.0 Å². The number of nitrogens with zero attached hydrogens (tertiary/aromatic N) is 2. The number of aromatic carboxylic acids is 1. The SMILES string of the molecule is CCCN1c2cc(Cl)c(/C=N/Nc3ccc(C(=O)O)cc3)cc2C(C)CC1(C)C. The predicted molar refractivity (Wildman–Crippen MR) is 121 cm³/mol. The van der Waals surface area contributed by atoms with Crippen LogP contribution >= 0.6 is 11.6 Å². The summed E-state index contributed by atoms with van der Waals surface area (Å²) in [6, 6.07) is 10.6. The van der Waals surface area contributed by atoms with E-state index in [1.165, 1.54) is 23.4 Å². The van der Waals surface area contributed by atoms with Gasteiger partial charge in [-0.25, -0.2) is 4.79 Å². The van der Waals surface area contributed by atoms with Gasteiger partial charge in [0, 0.05) is 23.3 Å². The molecular weight excluding hydrogens is 386 g/mol. The number of carboxylic acid groups (broad SMARTS) is 1. The van der Waals surface area contributed by atoms with Gasteiger partial charge in [0.25, 0.3) is 0 Å². The van der Waals surface area contributed by atoms with Crippen LogP contribution in [0.4, 0.5) is 11.4 Å². The van der Waals surface area contributed by atoms with Gasteiger partial charge >= 0.3 is 5.97 Å². The Labute approximate surface area is 177 Å². The highest BCUT2D eigenvalue weighted by molar-refractivity contribution is 6.33. The van der Waals surface area contributed by atoms with Crippen molar-refractivity contribution in [3.63, 3.8) is 0 Å². The summed E-state index contributed by atoms with van der Waals surface area (Å²) in [5.41, 5.74) is 7.37. The van der Waals surface area contributed by atoms with Gasteiger partial charge in [-0.15, -0.1) is 0 Å². The topological polar surface area (TPSA) is 64.9 Å². The summed E-state index contributed by atoms with van der Waals surface area (Å²) in [6.45, 7) is 10.1. The normalized spacial score (nSPS) is 18.0. The van der Waals surface area contributed by atoms with E-state index in [-0.39, 0.29) is 11.1 Å². The van der Waals surface area contributed by atoms with Crippen LogP contribution in [0.25, 0.3) is 0 Å². The molecule has 0 amide bonds. The van der Waals surface area contributed by atoms with Crippen molar-refractivity contribution < 1.29 is 9.90 Å². The maximum Gasteiger partial charge on any atom is 0.335 e. The van der Waals surface area contributed by atoms with E-state index in [4.69, 9.17) is 16.7 Å². The van der Waals surface area contributed by atoms with E-state index in [2.05, 4.69) is 55.3 Å². The zero-order chi connectivity index (χ0) is 21.2. The highest BCUT2D eigenvalue weighted by Gasteiger charge is 2.36. The molecule has 1 aliphatic rings. The number of hydrogen-bond donors (Lipinski definition) is 2. The molecule has 154 valence electrons. The molecule has 0 saturated carbocycles. The first-order valence-corrected chi connectivity index (χ1v) is 10.3. The lowest BCUT2D eigenvalue weighted by molar-refractivity contribution is 0.0697. The van der Waals surface area contributed by atoms with Crippen molar-refractivity contribution >= 4 is 35.2 Å². The first kappa shape index (κ1) is 21.2. The minimum absolute atomic E-state index is 0.102. The second-order valence-corrected chi connectivity index (χ2v) is 8.66. The fourth-order valence-corrected chi connectivity index (χ4v) is 4.34. The molecule has 1 aliphatic heterocycles.